The molecule has 5 atom stereocenters. The molecule has 4 bridgehead atoms. The minimum atomic E-state index is -2.10. The molecule has 1 heterocycles. The molecule has 0 saturated heterocycles. The monoisotopic (exact) mass is 1090 g/mol. The second-order valence-electron chi connectivity index (χ2n) is 22.8. The SMILES string of the molecule is CC1(C)[C@@H]2CC[C@@]1(C)C(=O)C2C(=O)Cl.CN(N)C(=O)OC(C)(C)C.CN(Nc1c(F)cccc1F)C(=O)OC(C)(C)C.Cn1c2c(c(=O)n1-c1c(F)cccc1F)[C@H]1CC[C@]2(C)C1(C)C.OB(O)c1c(F)cccc1F. The first-order valence-electron chi connectivity index (χ1n) is 24.4. The maximum Gasteiger partial charge on any atom is 0.494 e. The van der Waals surface area contributed by atoms with Crippen molar-refractivity contribution in [1.82, 2.24) is 19.4 Å². The first-order valence-corrected chi connectivity index (χ1v) is 24.8. The van der Waals surface area contributed by atoms with Gasteiger partial charge in [0.15, 0.2) is 29.1 Å². The summed E-state index contributed by atoms with van der Waals surface area (Å²) in [6.07, 6.45) is 2.56. The van der Waals surface area contributed by atoms with Crippen LogP contribution in [0, 0.1) is 63.0 Å². The molecule has 1 aromatic heterocycles. The number of carbonyl (C=O) groups excluding carboxylic acids is 4. The first kappa shape index (κ1) is 62.7. The van der Waals surface area contributed by atoms with Gasteiger partial charge in [0.05, 0.1) is 17.1 Å². The van der Waals surface area contributed by atoms with E-state index in [4.69, 9.17) is 37.0 Å². The number of Topliss-reactive ketones (excluding diaryl/α,β-unsaturated/α-hetero) is 1. The van der Waals surface area contributed by atoms with E-state index in [0.717, 1.165) is 77.3 Å². The molecule has 23 heteroatoms. The summed E-state index contributed by atoms with van der Waals surface area (Å²) in [5, 5.41) is 18.2. The van der Waals surface area contributed by atoms with Crippen LogP contribution in [0.5, 0.6) is 0 Å². The number of anilines is 1. The largest absolute Gasteiger partial charge is 0.494 e. The zero-order chi connectivity index (χ0) is 58.2. The number of rotatable bonds is 5. The lowest BCUT2D eigenvalue weighted by atomic mass is 9.70. The minimum Gasteiger partial charge on any atom is -0.443 e. The second-order valence-corrected chi connectivity index (χ2v) is 23.2. The van der Waals surface area contributed by atoms with Gasteiger partial charge in [0, 0.05) is 37.5 Å². The van der Waals surface area contributed by atoms with Crippen molar-refractivity contribution >= 4 is 53.1 Å². The Morgan fingerprint density at radius 3 is 1.51 bits per heavy atom. The summed E-state index contributed by atoms with van der Waals surface area (Å²) in [4.78, 5) is 58.6. The normalized spacial score (nSPS) is 22.0. The number of carbonyl (C=O) groups is 4. The molecule has 4 aliphatic rings. The Bertz CT molecular complexity index is 2820. The lowest BCUT2D eigenvalue weighted by Crippen LogP contribution is -2.38. The van der Waals surface area contributed by atoms with E-state index in [-0.39, 0.29) is 50.5 Å². The summed E-state index contributed by atoms with van der Waals surface area (Å²) in [5.74, 6) is 0.0126. The average Bonchev–Trinajstić information content (AvgIpc) is 3.88. The van der Waals surface area contributed by atoms with Gasteiger partial charge in [-0.05, 0) is 138 Å². The summed E-state index contributed by atoms with van der Waals surface area (Å²) in [7, 11) is 2.39. The van der Waals surface area contributed by atoms with Crippen LogP contribution >= 0.6 is 11.6 Å². The van der Waals surface area contributed by atoms with Gasteiger partial charge in [0.2, 0.25) is 5.24 Å². The van der Waals surface area contributed by atoms with Crippen molar-refractivity contribution in [1.29, 1.82) is 0 Å². The molecule has 0 aliphatic heterocycles. The van der Waals surface area contributed by atoms with Gasteiger partial charge in [-0.25, -0.2) is 56.5 Å². The van der Waals surface area contributed by atoms with Gasteiger partial charge < -0.3 is 19.5 Å². The van der Waals surface area contributed by atoms with Gasteiger partial charge in [-0.2, -0.15) is 0 Å². The quantitative estimate of drug-likeness (QED) is 0.0282. The van der Waals surface area contributed by atoms with Crippen LogP contribution in [0.15, 0.2) is 59.4 Å². The van der Waals surface area contributed by atoms with E-state index in [2.05, 4.69) is 40.0 Å². The lowest BCUT2D eigenvalue weighted by Gasteiger charge is -2.36. The zero-order valence-electron chi connectivity index (χ0n) is 45.6. The Morgan fingerprint density at radius 2 is 1.16 bits per heavy atom. The van der Waals surface area contributed by atoms with Crippen molar-refractivity contribution < 1.29 is 65.0 Å². The highest BCUT2D eigenvalue weighted by Gasteiger charge is 2.67. The highest BCUT2D eigenvalue weighted by molar-refractivity contribution is 6.65. The van der Waals surface area contributed by atoms with Gasteiger partial charge in [0.25, 0.3) is 5.56 Å². The number of benzene rings is 3. The van der Waals surface area contributed by atoms with E-state index >= 15 is 0 Å². The molecule has 4 aliphatic carbocycles. The van der Waals surface area contributed by atoms with Crippen molar-refractivity contribution in [2.24, 2.45) is 41.0 Å². The molecule has 8 rings (SSSR count). The Labute approximate surface area is 444 Å². The van der Waals surface area contributed by atoms with Crippen LogP contribution in [0.4, 0.5) is 41.6 Å². The third-order valence-corrected chi connectivity index (χ3v) is 15.4. The number of hydrogen-bond donors (Lipinski definition) is 4. The molecule has 15 nitrogen and oxygen atoms in total. The van der Waals surface area contributed by atoms with Crippen molar-refractivity contribution in [2.75, 3.05) is 19.5 Å². The van der Waals surface area contributed by atoms with E-state index in [9.17, 15) is 50.3 Å². The topological polar surface area (TPSA) is 199 Å². The Hall–Kier alpha value is -5.84. The number of hydrogen-bond acceptors (Lipinski definition) is 11. The maximum atomic E-state index is 14.2. The van der Waals surface area contributed by atoms with E-state index in [1.165, 1.54) is 43.0 Å². The van der Waals surface area contributed by atoms with Gasteiger partial charge >= 0.3 is 19.3 Å². The van der Waals surface area contributed by atoms with E-state index < -0.39 is 87.7 Å². The Morgan fingerprint density at radius 1 is 0.724 bits per heavy atom. The molecule has 3 saturated carbocycles. The number of nitrogens with zero attached hydrogens (tertiary/aromatic N) is 4. The summed E-state index contributed by atoms with van der Waals surface area (Å²) >= 11 is 5.50. The third kappa shape index (κ3) is 12.6. The first-order chi connectivity index (χ1) is 34.7. The highest BCUT2D eigenvalue weighted by Crippen LogP contribution is 2.67. The number of ether oxygens (including phenoxy) is 2. The second kappa shape index (κ2) is 23.0. The number of aromatic nitrogens is 2. The fraction of sp³-hybridized carbons (Fsp3) is 0.528. The van der Waals surface area contributed by atoms with Crippen LogP contribution in [0.3, 0.4) is 0 Å². The van der Waals surface area contributed by atoms with Gasteiger partial charge in [-0.15, -0.1) is 0 Å². The van der Waals surface area contributed by atoms with Gasteiger partial charge in [-0.1, -0.05) is 59.7 Å². The third-order valence-electron chi connectivity index (χ3n) is 15.2. The smallest absolute Gasteiger partial charge is 0.443 e. The number of fused-ring (bicyclic) bond motifs is 7. The van der Waals surface area contributed by atoms with Crippen LogP contribution < -0.4 is 22.3 Å². The molecule has 2 amide bonds. The average molecular weight is 1100 g/mol. The molecule has 0 spiro atoms. The van der Waals surface area contributed by atoms with Crippen LogP contribution in [-0.2, 0) is 31.5 Å². The molecular weight excluding hydrogens is 1020 g/mol. The van der Waals surface area contributed by atoms with Crippen molar-refractivity contribution in [3.63, 3.8) is 0 Å². The van der Waals surface area contributed by atoms with E-state index in [0.29, 0.717) is 0 Å². The van der Waals surface area contributed by atoms with Crippen LogP contribution in [0.2, 0.25) is 0 Å². The van der Waals surface area contributed by atoms with Gasteiger partial charge in [-0.3, -0.25) is 24.5 Å². The molecule has 1 unspecified atom stereocenters. The number of nitrogens with one attached hydrogen (secondary N) is 1. The fourth-order valence-corrected chi connectivity index (χ4v) is 10.8. The van der Waals surface area contributed by atoms with Crippen LogP contribution in [-0.4, -0.2) is 85.1 Å². The number of ketones is 1. The number of hydrazine groups is 2. The molecule has 418 valence electrons. The molecule has 5 N–H and O–H groups in total. The minimum absolute atomic E-state index is 0.0124. The lowest BCUT2D eigenvalue weighted by molar-refractivity contribution is -0.135. The molecule has 3 aromatic carbocycles. The summed E-state index contributed by atoms with van der Waals surface area (Å²) in [6.45, 7) is 23.2. The molecule has 0 radical (unpaired) electrons. The van der Waals surface area contributed by atoms with Crippen molar-refractivity contribution in [3.05, 3.63) is 111 Å². The number of halogens is 7. The standard InChI is InChI=1S/C18H20F2N2O.C12H16F2N2O2.C11H15ClO2.C6H5BF2O2.C6H14N2O2/c1-17(2)10-8-9-18(17,3)15-13(10)16(23)22(21(15)4)14-11(19)6-5-7-12(14)20;1-12(2,3)18-11(17)16(4)15-10-8(13)6-5-7-9(10)14;1-10(2)6-4-5-11(10,3)8(13)7(6)9(12)14;8-4-2-1-3-5(9)6(4)7(10)11;1-6(2,3)10-5(9)8(4)7/h5-7,10H,8-9H2,1-4H3;5-7,15H,1-4H3;6-7H,4-5H2,1-3H3;1-3,10-11H;7H2,1-4H3/t10-,18+;;6-,7?,11+;;/m1.1../s1. The van der Waals surface area contributed by atoms with Crippen molar-refractivity contribution in [3.8, 4) is 5.69 Å². The van der Waals surface area contributed by atoms with E-state index in [1.54, 1.807) is 53.3 Å². The molecule has 4 aromatic rings. The summed E-state index contributed by atoms with van der Waals surface area (Å²) in [5.41, 5.74) is 0.610. The summed E-state index contributed by atoms with van der Waals surface area (Å²) in [6, 6.07) is 10.2. The molecular formula is C53H70BClF6N6O9. The molecule has 3 fully saturated rings. The number of nitrogens with two attached hydrogens (primary N) is 1. The molecule has 76 heavy (non-hydrogen) atoms. The van der Waals surface area contributed by atoms with Gasteiger partial charge in [0.1, 0.15) is 34.2 Å². The number of amides is 2. The van der Waals surface area contributed by atoms with E-state index in [1.807, 2.05) is 6.92 Å². The maximum absolute atomic E-state index is 14.2. The number of para-hydroxylation sites is 2. The Kier molecular flexibility index (Phi) is 19.0. The predicted molar refractivity (Wildman–Crippen MR) is 276 cm³/mol. The fourth-order valence-electron chi connectivity index (χ4n) is 10.6. The highest BCUT2D eigenvalue weighted by atomic mass is 35.5. The van der Waals surface area contributed by atoms with Crippen LogP contribution in [0.25, 0.3) is 5.69 Å². The Balaban J connectivity index is 0.000000213. The summed E-state index contributed by atoms with van der Waals surface area (Å²) < 4.78 is 92.9. The predicted octanol–water partition coefficient (Wildman–Crippen LogP) is 9.55. The zero-order valence-corrected chi connectivity index (χ0v) is 46.4. The van der Waals surface area contributed by atoms with Crippen LogP contribution in [0.1, 0.15) is 126 Å². The van der Waals surface area contributed by atoms with Crippen molar-refractivity contribution in [2.45, 2.75) is 131 Å².